The van der Waals surface area contributed by atoms with Crippen LogP contribution in [-0.2, 0) is 0 Å². The van der Waals surface area contributed by atoms with E-state index in [1.54, 1.807) is 29.2 Å². The van der Waals surface area contributed by atoms with E-state index in [2.05, 4.69) is 18.7 Å². The maximum Gasteiger partial charge on any atom is 0.260 e. The van der Waals surface area contributed by atoms with Gasteiger partial charge in [-0.2, -0.15) is 0 Å². The highest BCUT2D eigenvalue weighted by Gasteiger charge is 2.22. The van der Waals surface area contributed by atoms with E-state index in [1.165, 1.54) is 18.3 Å². The van der Waals surface area contributed by atoms with Gasteiger partial charge in [0.05, 0.1) is 10.2 Å². The van der Waals surface area contributed by atoms with E-state index in [0.717, 1.165) is 35.4 Å². The minimum atomic E-state index is -0.0935. The number of Topliss-reactive ketones (excluding diaryl/α,β-unsaturated/α-hetero) is 1. The standard InChI is InChI=1S/C23H27N3O2S/c1-5-25(6-2)14-15-26(22(28)19-12-10-18(11-13-19)17(4)27)23-24-21-16(3)8-7-9-20(21)29-23/h7-13H,5-6,14-15H2,1-4H3. The molecular formula is C23H27N3O2S. The van der Waals surface area contributed by atoms with Gasteiger partial charge >= 0.3 is 0 Å². The zero-order chi connectivity index (χ0) is 21.0. The second kappa shape index (κ2) is 9.29. The SMILES string of the molecule is CCN(CC)CCN(C(=O)c1ccc(C(C)=O)cc1)c1nc2c(C)cccc2s1. The molecule has 3 aromatic rings. The van der Waals surface area contributed by atoms with Crippen LogP contribution < -0.4 is 4.90 Å². The molecule has 0 radical (unpaired) electrons. The molecule has 1 aromatic heterocycles. The van der Waals surface area contributed by atoms with Gasteiger partial charge in [0.2, 0.25) is 0 Å². The Morgan fingerprint density at radius 2 is 1.62 bits per heavy atom. The smallest absolute Gasteiger partial charge is 0.260 e. The Morgan fingerprint density at radius 3 is 2.21 bits per heavy atom. The number of thiazole rings is 1. The topological polar surface area (TPSA) is 53.5 Å². The lowest BCUT2D eigenvalue weighted by atomic mass is 10.1. The normalized spacial score (nSPS) is 11.2. The average molecular weight is 410 g/mol. The van der Waals surface area contributed by atoms with Gasteiger partial charge in [-0.25, -0.2) is 4.98 Å². The monoisotopic (exact) mass is 409 g/mol. The highest BCUT2D eigenvalue weighted by atomic mass is 32.1. The lowest BCUT2D eigenvalue weighted by Crippen LogP contribution is -2.38. The Hall–Kier alpha value is -2.57. The lowest BCUT2D eigenvalue weighted by molar-refractivity contribution is 0.0980. The molecule has 152 valence electrons. The van der Waals surface area contributed by atoms with E-state index in [-0.39, 0.29) is 11.7 Å². The molecule has 29 heavy (non-hydrogen) atoms. The van der Waals surface area contributed by atoms with Crippen LogP contribution >= 0.6 is 11.3 Å². The van der Waals surface area contributed by atoms with Crippen molar-refractivity contribution in [1.29, 1.82) is 0 Å². The van der Waals surface area contributed by atoms with Crippen molar-refractivity contribution in [2.45, 2.75) is 27.7 Å². The number of amides is 1. The third-order valence-corrected chi connectivity index (χ3v) is 6.20. The molecule has 0 aliphatic heterocycles. The minimum absolute atomic E-state index is 0.0102. The van der Waals surface area contributed by atoms with Gasteiger partial charge in [0.15, 0.2) is 10.9 Å². The van der Waals surface area contributed by atoms with Crippen molar-refractivity contribution in [1.82, 2.24) is 9.88 Å². The number of aryl methyl sites for hydroxylation is 1. The van der Waals surface area contributed by atoms with Crippen LogP contribution in [0.25, 0.3) is 10.2 Å². The number of benzene rings is 2. The number of anilines is 1. The molecule has 0 fully saturated rings. The Labute approximate surface area is 176 Å². The third-order valence-electron chi connectivity index (χ3n) is 5.16. The van der Waals surface area contributed by atoms with Crippen LogP contribution in [0.2, 0.25) is 0 Å². The summed E-state index contributed by atoms with van der Waals surface area (Å²) >= 11 is 1.54. The van der Waals surface area contributed by atoms with E-state index in [1.807, 2.05) is 25.1 Å². The summed E-state index contributed by atoms with van der Waals surface area (Å²) in [4.78, 5) is 33.8. The van der Waals surface area contributed by atoms with E-state index < -0.39 is 0 Å². The van der Waals surface area contributed by atoms with Crippen LogP contribution in [0, 0.1) is 6.92 Å². The lowest BCUT2D eigenvalue weighted by Gasteiger charge is -2.24. The average Bonchev–Trinajstić information content (AvgIpc) is 3.16. The number of fused-ring (bicyclic) bond motifs is 1. The number of aromatic nitrogens is 1. The van der Waals surface area contributed by atoms with Crippen LogP contribution in [0.5, 0.6) is 0 Å². The summed E-state index contributed by atoms with van der Waals surface area (Å²) < 4.78 is 1.08. The Kier molecular flexibility index (Phi) is 6.77. The van der Waals surface area contributed by atoms with E-state index >= 15 is 0 Å². The van der Waals surface area contributed by atoms with Gasteiger partial charge in [0, 0.05) is 24.2 Å². The highest BCUT2D eigenvalue weighted by Crippen LogP contribution is 2.31. The van der Waals surface area contributed by atoms with E-state index in [0.29, 0.717) is 22.8 Å². The zero-order valence-corrected chi connectivity index (χ0v) is 18.3. The molecule has 0 aliphatic carbocycles. The fraction of sp³-hybridized carbons (Fsp3) is 0.348. The van der Waals surface area contributed by atoms with Gasteiger partial charge in [0.1, 0.15) is 0 Å². The molecule has 0 saturated carbocycles. The maximum atomic E-state index is 13.4. The van der Waals surface area contributed by atoms with E-state index in [9.17, 15) is 9.59 Å². The molecule has 3 rings (SSSR count). The molecule has 6 heteroatoms. The van der Waals surface area contributed by atoms with Gasteiger partial charge in [-0.1, -0.05) is 49.4 Å². The second-order valence-corrected chi connectivity index (χ2v) is 8.04. The van der Waals surface area contributed by atoms with Crippen molar-refractivity contribution in [3.05, 3.63) is 59.2 Å². The Morgan fingerprint density at radius 1 is 0.966 bits per heavy atom. The summed E-state index contributed by atoms with van der Waals surface area (Å²) in [5.74, 6) is -0.104. The first-order valence-electron chi connectivity index (χ1n) is 9.96. The van der Waals surface area contributed by atoms with Crippen molar-refractivity contribution >= 4 is 38.4 Å². The molecule has 0 spiro atoms. The van der Waals surface area contributed by atoms with Crippen molar-refractivity contribution in [2.24, 2.45) is 0 Å². The number of para-hydroxylation sites is 1. The van der Waals surface area contributed by atoms with Gasteiger partial charge in [-0.05, 0) is 50.7 Å². The summed E-state index contributed by atoms with van der Waals surface area (Å²) in [7, 11) is 0. The summed E-state index contributed by atoms with van der Waals surface area (Å²) in [5, 5.41) is 0.710. The molecule has 0 atom stereocenters. The second-order valence-electron chi connectivity index (χ2n) is 7.04. The van der Waals surface area contributed by atoms with Crippen LogP contribution in [0.15, 0.2) is 42.5 Å². The van der Waals surface area contributed by atoms with Crippen molar-refractivity contribution < 1.29 is 9.59 Å². The number of nitrogens with zero attached hydrogens (tertiary/aromatic N) is 3. The molecule has 0 bridgehead atoms. The summed E-state index contributed by atoms with van der Waals surface area (Å²) in [6.45, 7) is 11.0. The molecule has 0 aliphatic rings. The molecule has 5 nitrogen and oxygen atoms in total. The number of ketones is 1. The highest BCUT2D eigenvalue weighted by molar-refractivity contribution is 7.22. The van der Waals surface area contributed by atoms with Gasteiger partial charge in [0.25, 0.3) is 5.91 Å². The number of carbonyl (C=O) groups excluding carboxylic acids is 2. The number of hydrogen-bond acceptors (Lipinski definition) is 5. The third kappa shape index (κ3) is 4.71. The van der Waals surface area contributed by atoms with Crippen molar-refractivity contribution in [2.75, 3.05) is 31.1 Å². The molecule has 0 N–H and O–H groups in total. The predicted molar refractivity (Wildman–Crippen MR) is 120 cm³/mol. The van der Waals surface area contributed by atoms with Crippen LogP contribution in [0.3, 0.4) is 0 Å². The minimum Gasteiger partial charge on any atom is -0.302 e. The zero-order valence-electron chi connectivity index (χ0n) is 17.4. The molecular weight excluding hydrogens is 382 g/mol. The van der Waals surface area contributed by atoms with Crippen LogP contribution in [0.4, 0.5) is 5.13 Å². The number of likely N-dealkylation sites (N-methyl/N-ethyl adjacent to an activating group) is 1. The van der Waals surface area contributed by atoms with Gasteiger partial charge in [-0.15, -0.1) is 0 Å². The van der Waals surface area contributed by atoms with Crippen molar-refractivity contribution in [3.8, 4) is 0 Å². The maximum absolute atomic E-state index is 13.4. The van der Waals surface area contributed by atoms with Gasteiger partial charge in [-0.3, -0.25) is 14.5 Å². The predicted octanol–water partition coefficient (Wildman–Crippen LogP) is 4.80. The summed E-state index contributed by atoms with van der Waals surface area (Å²) in [5.41, 5.74) is 3.21. The van der Waals surface area contributed by atoms with Crippen LogP contribution in [-0.4, -0.2) is 47.8 Å². The summed E-state index contributed by atoms with van der Waals surface area (Å²) in [6.07, 6.45) is 0. The Bertz CT molecular complexity index is 1010. The first kappa shape index (κ1) is 21.1. The fourth-order valence-electron chi connectivity index (χ4n) is 3.26. The summed E-state index contributed by atoms with van der Waals surface area (Å²) in [6, 6.07) is 13.0. The molecule has 2 aromatic carbocycles. The van der Waals surface area contributed by atoms with Crippen molar-refractivity contribution in [3.63, 3.8) is 0 Å². The number of rotatable bonds is 8. The first-order chi connectivity index (χ1) is 13.9. The molecule has 1 amide bonds. The molecule has 1 heterocycles. The fourth-order valence-corrected chi connectivity index (χ4v) is 4.33. The largest absolute Gasteiger partial charge is 0.302 e. The Balaban J connectivity index is 1.95. The number of hydrogen-bond donors (Lipinski definition) is 0. The van der Waals surface area contributed by atoms with Crippen LogP contribution in [0.1, 0.15) is 47.1 Å². The van der Waals surface area contributed by atoms with E-state index in [4.69, 9.17) is 4.98 Å². The number of carbonyl (C=O) groups is 2. The molecule has 0 unspecified atom stereocenters. The first-order valence-corrected chi connectivity index (χ1v) is 10.8. The van der Waals surface area contributed by atoms with Gasteiger partial charge < -0.3 is 4.90 Å². The quantitative estimate of drug-likeness (QED) is 0.502. The molecule has 0 saturated heterocycles.